The SMILES string of the molecule is C1=CC(c2ccc3c(c2)Oc2cc(-c4ccccc4)ccc2N3)=CCC1. The number of nitrogens with one attached hydrogen (secondary N) is 1. The first-order valence-corrected chi connectivity index (χ1v) is 9.02. The van der Waals surface area contributed by atoms with E-state index in [-0.39, 0.29) is 0 Å². The minimum Gasteiger partial charge on any atom is -0.453 e. The van der Waals surface area contributed by atoms with Gasteiger partial charge in [0.15, 0.2) is 11.5 Å². The highest BCUT2D eigenvalue weighted by Crippen LogP contribution is 2.44. The van der Waals surface area contributed by atoms with Gasteiger partial charge in [-0.2, -0.15) is 0 Å². The number of ether oxygens (including phenoxy) is 1. The largest absolute Gasteiger partial charge is 0.453 e. The number of hydrogen-bond acceptors (Lipinski definition) is 2. The minimum absolute atomic E-state index is 0.865. The van der Waals surface area contributed by atoms with Crippen LogP contribution < -0.4 is 10.1 Å². The smallest absolute Gasteiger partial charge is 0.151 e. The maximum absolute atomic E-state index is 6.26. The molecule has 1 N–H and O–H groups in total. The van der Waals surface area contributed by atoms with Crippen molar-refractivity contribution in [3.63, 3.8) is 0 Å². The van der Waals surface area contributed by atoms with Crippen molar-refractivity contribution in [3.05, 3.63) is 90.5 Å². The topological polar surface area (TPSA) is 21.3 Å². The van der Waals surface area contributed by atoms with Gasteiger partial charge in [-0.1, -0.05) is 60.7 Å². The van der Waals surface area contributed by atoms with Gasteiger partial charge in [-0.3, -0.25) is 0 Å². The second kappa shape index (κ2) is 6.23. The molecule has 3 aromatic rings. The van der Waals surface area contributed by atoms with Crippen LogP contribution in [0.1, 0.15) is 18.4 Å². The van der Waals surface area contributed by atoms with E-state index >= 15 is 0 Å². The molecule has 26 heavy (non-hydrogen) atoms. The van der Waals surface area contributed by atoms with E-state index in [1.54, 1.807) is 0 Å². The lowest BCUT2D eigenvalue weighted by Gasteiger charge is -2.23. The van der Waals surface area contributed by atoms with Crippen LogP contribution in [-0.2, 0) is 0 Å². The predicted molar refractivity (Wildman–Crippen MR) is 108 cm³/mol. The molecule has 2 aliphatic rings. The van der Waals surface area contributed by atoms with Gasteiger partial charge in [0.2, 0.25) is 0 Å². The quantitative estimate of drug-likeness (QED) is 0.428. The van der Waals surface area contributed by atoms with E-state index in [4.69, 9.17) is 4.74 Å². The molecule has 0 bridgehead atoms. The third kappa shape index (κ3) is 2.70. The van der Waals surface area contributed by atoms with E-state index in [1.807, 2.05) is 6.07 Å². The number of benzene rings is 3. The second-order valence-electron chi connectivity index (χ2n) is 6.65. The zero-order chi connectivity index (χ0) is 17.3. The average molecular weight is 337 g/mol. The molecule has 0 saturated carbocycles. The maximum atomic E-state index is 6.26. The standard InChI is InChI=1S/C24H19NO/c1-3-7-17(8-4-1)19-11-13-21-23(15-19)26-24-16-20(12-14-22(24)25-21)18-9-5-2-6-10-18/h1,3-5,7-16,25H,2,6H2. The lowest BCUT2D eigenvalue weighted by molar-refractivity contribution is 0.481. The van der Waals surface area contributed by atoms with Crippen molar-refractivity contribution in [1.82, 2.24) is 0 Å². The second-order valence-corrected chi connectivity index (χ2v) is 6.65. The molecule has 0 fully saturated rings. The molecule has 0 amide bonds. The van der Waals surface area contributed by atoms with Gasteiger partial charge < -0.3 is 10.1 Å². The van der Waals surface area contributed by atoms with Gasteiger partial charge in [0.05, 0.1) is 11.4 Å². The molecular weight excluding hydrogens is 318 g/mol. The fourth-order valence-corrected chi connectivity index (χ4v) is 3.50. The Labute approximate surface area is 153 Å². The number of rotatable bonds is 2. The van der Waals surface area contributed by atoms with Crippen LogP contribution in [0, 0.1) is 0 Å². The summed E-state index contributed by atoms with van der Waals surface area (Å²) in [6, 6.07) is 23.1. The Morgan fingerprint density at radius 3 is 2.15 bits per heavy atom. The molecule has 3 aromatic carbocycles. The molecule has 2 heteroatoms. The summed E-state index contributed by atoms with van der Waals surface area (Å²) >= 11 is 0. The van der Waals surface area contributed by atoms with E-state index in [9.17, 15) is 0 Å². The number of allylic oxidation sites excluding steroid dienone is 4. The molecule has 5 rings (SSSR count). The Bertz CT molecular complexity index is 1030. The average Bonchev–Trinajstić information content (AvgIpc) is 2.73. The van der Waals surface area contributed by atoms with Crippen LogP contribution in [-0.4, -0.2) is 0 Å². The van der Waals surface area contributed by atoms with Crippen molar-refractivity contribution in [3.8, 4) is 22.6 Å². The molecule has 0 spiro atoms. The normalized spacial score (nSPS) is 14.5. The maximum Gasteiger partial charge on any atom is 0.151 e. The van der Waals surface area contributed by atoms with Crippen molar-refractivity contribution >= 4 is 16.9 Å². The van der Waals surface area contributed by atoms with Crippen LogP contribution in [0.3, 0.4) is 0 Å². The summed E-state index contributed by atoms with van der Waals surface area (Å²) in [7, 11) is 0. The van der Waals surface area contributed by atoms with E-state index in [0.717, 1.165) is 41.3 Å². The van der Waals surface area contributed by atoms with Gasteiger partial charge in [0.25, 0.3) is 0 Å². The highest BCUT2D eigenvalue weighted by molar-refractivity contribution is 5.83. The van der Waals surface area contributed by atoms with Crippen LogP contribution >= 0.6 is 0 Å². The zero-order valence-electron chi connectivity index (χ0n) is 14.4. The third-order valence-electron chi connectivity index (χ3n) is 4.89. The molecule has 0 unspecified atom stereocenters. The Morgan fingerprint density at radius 1 is 0.692 bits per heavy atom. The Morgan fingerprint density at radius 2 is 1.42 bits per heavy atom. The van der Waals surface area contributed by atoms with E-state index in [2.05, 4.69) is 84.2 Å². The van der Waals surface area contributed by atoms with Gasteiger partial charge in [0, 0.05) is 0 Å². The summed E-state index contributed by atoms with van der Waals surface area (Å²) in [5.74, 6) is 1.74. The molecule has 1 aliphatic heterocycles. The highest BCUT2D eigenvalue weighted by atomic mass is 16.5. The zero-order valence-corrected chi connectivity index (χ0v) is 14.4. The van der Waals surface area contributed by atoms with E-state index < -0.39 is 0 Å². The van der Waals surface area contributed by atoms with Crippen molar-refractivity contribution < 1.29 is 4.74 Å². The molecule has 1 aliphatic carbocycles. The minimum atomic E-state index is 0.865. The summed E-state index contributed by atoms with van der Waals surface area (Å²) in [5, 5.41) is 3.49. The molecular formula is C24H19NO. The van der Waals surface area contributed by atoms with E-state index in [1.165, 1.54) is 16.7 Å². The fourth-order valence-electron chi connectivity index (χ4n) is 3.50. The Balaban J connectivity index is 1.50. The van der Waals surface area contributed by atoms with Crippen LogP contribution in [0.25, 0.3) is 16.7 Å². The first-order chi connectivity index (χ1) is 12.9. The lowest BCUT2D eigenvalue weighted by Crippen LogP contribution is -2.03. The summed E-state index contributed by atoms with van der Waals surface area (Å²) in [4.78, 5) is 0. The monoisotopic (exact) mass is 337 g/mol. The highest BCUT2D eigenvalue weighted by Gasteiger charge is 2.18. The Kier molecular flexibility index (Phi) is 3.60. The van der Waals surface area contributed by atoms with Crippen LogP contribution in [0.5, 0.6) is 11.5 Å². The molecule has 2 nitrogen and oxygen atoms in total. The molecule has 126 valence electrons. The van der Waals surface area contributed by atoms with Gasteiger partial charge in [-0.25, -0.2) is 0 Å². The summed E-state index contributed by atoms with van der Waals surface area (Å²) < 4.78 is 6.26. The lowest BCUT2D eigenvalue weighted by atomic mass is 9.98. The van der Waals surface area contributed by atoms with Crippen molar-refractivity contribution in [2.75, 3.05) is 5.32 Å². The van der Waals surface area contributed by atoms with Crippen LogP contribution in [0.15, 0.2) is 85.0 Å². The van der Waals surface area contributed by atoms with Crippen LogP contribution in [0.4, 0.5) is 11.4 Å². The predicted octanol–water partition coefficient (Wildman–Crippen LogP) is 6.94. The van der Waals surface area contributed by atoms with Crippen molar-refractivity contribution in [2.24, 2.45) is 0 Å². The summed E-state index contributed by atoms with van der Waals surface area (Å²) in [5.41, 5.74) is 6.83. The number of anilines is 2. The first-order valence-electron chi connectivity index (χ1n) is 9.02. The number of fused-ring (bicyclic) bond motifs is 2. The Hall–Kier alpha value is -3.26. The number of hydrogen-bond donors (Lipinski definition) is 1. The first kappa shape index (κ1) is 15.0. The fraction of sp³-hybridized carbons (Fsp3) is 0.0833. The molecule has 0 atom stereocenters. The summed E-state index contributed by atoms with van der Waals surface area (Å²) in [6.45, 7) is 0. The summed E-state index contributed by atoms with van der Waals surface area (Å²) in [6.07, 6.45) is 8.95. The van der Waals surface area contributed by atoms with Crippen LogP contribution in [0.2, 0.25) is 0 Å². The van der Waals surface area contributed by atoms with Crippen molar-refractivity contribution in [2.45, 2.75) is 12.8 Å². The van der Waals surface area contributed by atoms with Gasteiger partial charge in [0.1, 0.15) is 0 Å². The molecule has 0 radical (unpaired) electrons. The molecule has 0 saturated heterocycles. The van der Waals surface area contributed by atoms with Gasteiger partial charge >= 0.3 is 0 Å². The third-order valence-corrected chi connectivity index (χ3v) is 4.89. The van der Waals surface area contributed by atoms with E-state index in [0.29, 0.717) is 0 Å². The molecule has 0 aromatic heterocycles. The van der Waals surface area contributed by atoms with Crippen molar-refractivity contribution in [1.29, 1.82) is 0 Å². The molecule has 1 heterocycles. The van der Waals surface area contributed by atoms with Gasteiger partial charge in [-0.05, 0) is 59.4 Å². The van der Waals surface area contributed by atoms with Gasteiger partial charge in [-0.15, -0.1) is 0 Å².